The van der Waals surface area contributed by atoms with Crippen LogP contribution in [0.2, 0.25) is 0 Å². The number of nitrogens with one attached hydrogen (secondary N) is 2. The molecular weight excluding hydrogens is 302 g/mol. The highest BCUT2D eigenvalue weighted by Crippen LogP contribution is 2.07. The van der Waals surface area contributed by atoms with Gasteiger partial charge in [0.25, 0.3) is 0 Å². The lowest BCUT2D eigenvalue weighted by Crippen LogP contribution is -2.36. The predicted octanol–water partition coefficient (Wildman–Crippen LogP) is 1.53. The van der Waals surface area contributed by atoms with Crippen LogP contribution in [0.1, 0.15) is 11.3 Å². The van der Waals surface area contributed by atoms with Crippen molar-refractivity contribution < 1.29 is 0 Å². The quantitative estimate of drug-likeness (QED) is 0.550. The Labute approximate surface area is 140 Å². The van der Waals surface area contributed by atoms with Crippen molar-refractivity contribution in [1.29, 1.82) is 0 Å². The van der Waals surface area contributed by atoms with Crippen LogP contribution < -0.4 is 10.6 Å². The van der Waals surface area contributed by atoms with Gasteiger partial charge in [0, 0.05) is 19.8 Å². The third-order valence-corrected chi connectivity index (χ3v) is 3.47. The molecule has 7 nitrogen and oxygen atoms in total. The summed E-state index contributed by atoms with van der Waals surface area (Å²) in [6, 6.07) is 14.0. The van der Waals surface area contributed by atoms with Crippen molar-refractivity contribution in [3.8, 4) is 5.69 Å². The fourth-order valence-corrected chi connectivity index (χ4v) is 2.19. The summed E-state index contributed by atoms with van der Waals surface area (Å²) in [6.45, 7) is 1.31. The zero-order valence-electron chi connectivity index (χ0n) is 13.4. The summed E-state index contributed by atoms with van der Waals surface area (Å²) in [4.78, 5) is 12.4. The maximum absolute atomic E-state index is 4.28. The number of hydrogen-bond donors (Lipinski definition) is 2. The molecule has 3 rings (SSSR count). The first-order valence-corrected chi connectivity index (χ1v) is 7.63. The van der Waals surface area contributed by atoms with Gasteiger partial charge in [-0.3, -0.25) is 9.98 Å². The molecule has 0 saturated carbocycles. The molecule has 0 aliphatic carbocycles. The Morgan fingerprint density at radius 1 is 1.08 bits per heavy atom. The molecule has 2 N–H and O–H groups in total. The lowest BCUT2D eigenvalue weighted by molar-refractivity contribution is 0.793. The number of guanidine groups is 1. The Balaban J connectivity index is 1.52. The van der Waals surface area contributed by atoms with E-state index >= 15 is 0 Å². The van der Waals surface area contributed by atoms with E-state index in [0.29, 0.717) is 13.1 Å². The largest absolute Gasteiger partial charge is 0.352 e. The zero-order valence-corrected chi connectivity index (χ0v) is 13.4. The lowest BCUT2D eigenvalue weighted by Gasteiger charge is -2.12. The molecule has 122 valence electrons. The smallest absolute Gasteiger partial charge is 0.191 e. The van der Waals surface area contributed by atoms with Crippen LogP contribution in [0.3, 0.4) is 0 Å². The van der Waals surface area contributed by atoms with Crippen LogP contribution in [0.25, 0.3) is 5.69 Å². The standard InChI is InChI=1S/C17H19N7/c1-18-17(22-11-15-4-2-3-9-20-15)21-10-14-5-7-16(8-6-14)24-13-19-12-23-24/h2-9,12-13H,10-11H2,1H3,(H2,18,21,22). The van der Waals surface area contributed by atoms with Crippen LogP contribution in [-0.4, -0.2) is 32.8 Å². The lowest BCUT2D eigenvalue weighted by atomic mass is 10.2. The monoisotopic (exact) mass is 321 g/mol. The van der Waals surface area contributed by atoms with E-state index in [1.54, 1.807) is 24.3 Å². The number of benzene rings is 1. The number of rotatable bonds is 5. The van der Waals surface area contributed by atoms with Crippen molar-refractivity contribution >= 4 is 5.96 Å². The van der Waals surface area contributed by atoms with Crippen molar-refractivity contribution in [2.45, 2.75) is 13.1 Å². The molecule has 2 heterocycles. The van der Waals surface area contributed by atoms with Crippen molar-refractivity contribution in [1.82, 2.24) is 30.4 Å². The van der Waals surface area contributed by atoms with Gasteiger partial charge in [-0.05, 0) is 29.8 Å². The van der Waals surface area contributed by atoms with Crippen molar-refractivity contribution in [3.05, 3.63) is 72.6 Å². The molecule has 0 aliphatic heterocycles. The first-order chi connectivity index (χ1) is 11.8. The Bertz CT molecular complexity index is 764. The molecule has 7 heteroatoms. The zero-order chi connectivity index (χ0) is 16.6. The molecule has 0 radical (unpaired) electrons. The van der Waals surface area contributed by atoms with Gasteiger partial charge in [0.05, 0.1) is 17.9 Å². The van der Waals surface area contributed by atoms with E-state index in [-0.39, 0.29) is 0 Å². The van der Waals surface area contributed by atoms with E-state index in [1.807, 2.05) is 30.3 Å². The minimum atomic E-state index is 0.631. The normalized spacial score (nSPS) is 11.3. The summed E-state index contributed by atoms with van der Waals surface area (Å²) < 4.78 is 1.73. The Kier molecular flexibility index (Phi) is 5.14. The van der Waals surface area contributed by atoms with Crippen molar-refractivity contribution in [2.75, 3.05) is 7.05 Å². The highest BCUT2D eigenvalue weighted by Gasteiger charge is 2.01. The summed E-state index contributed by atoms with van der Waals surface area (Å²) in [5.41, 5.74) is 3.10. The van der Waals surface area contributed by atoms with E-state index < -0.39 is 0 Å². The van der Waals surface area contributed by atoms with Crippen LogP contribution in [0.4, 0.5) is 0 Å². The van der Waals surface area contributed by atoms with E-state index in [1.165, 1.54) is 6.33 Å². The second kappa shape index (κ2) is 7.87. The Morgan fingerprint density at radius 2 is 1.92 bits per heavy atom. The van der Waals surface area contributed by atoms with Gasteiger partial charge in [-0.25, -0.2) is 9.67 Å². The highest BCUT2D eigenvalue weighted by atomic mass is 15.3. The summed E-state index contributed by atoms with van der Waals surface area (Å²) in [7, 11) is 1.75. The number of pyridine rings is 1. The van der Waals surface area contributed by atoms with E-state index in [9.17, 15) is 0 Å². The van der Waals surface area contributed by atoms with Gasteiger partial charge in [0.15, 0.2) is 5.96 Å². The summed E-state index contributed by atoms with van der Waals surface area (Å²) in [5.74, 6) is 0.737. The third kappa shape index (κ3) is 4.16. The van der Waals surface area contributed by atoms with Crippen LogP contribution >= 0.6 is 0 Å². The molecule has 1 aromatic carbocycles. The van der Waals surface area contributed by atoms with Gasteiger partial charge < -0.3 is 10.6 Å². The van der Waals surface area contributed by atoms with Crippen LogP contribution in [-0.2, 0) is 13.1 Å². The average Bonchev–Trinajstić information content (AvgIpc) is 3.18. The summed E-state index contributed by atoms with van der Waals surface area (Å²) in [5, 5.41) is 10.6. The summed E-state index contributed by atoms with van der Waals surface area (Å²) >= 11 is 0. The molecule has 0 saturated heterocycles. The molecule has 0 spiro atoms. The summed E-state index contributed by atoms with van der Waals surface area (Å²) in [6.07, 6.45) is 4.98. The van der Waals surface area contributed by atoms with Crippen LogP contribution in [0, 0.1) is 0 Å². The molecule has 0 unspecified atom stereocenters. The predicted molar refractivity (Wildman–Crippen MR) is 92.6 cm³/mol. The van der Waals surface area contributed by atoms with Gasteiger partial charge in [0.2, 0.25) is 0 Å². The molecule has 0 atom stereocenters. The van der Waals surface area contributed by atoms with Gasteiger partial charge in [-0.15, -0.1) is 0 Å². The maximum Gasteiger partial charge on any atom is 0.191 e. The maximum atomic E-state index is 4.28. The number of aliphatic imine (C=N–C) groups is 1. The minimum Gasteiger partial charge on any atom is -0.352 e. The third-order valence-electron chi connectivity index (χ3n) is 3.47. The fourth-order valence-electron chi connectivity index (χ4n) is 2.19. The van der Waals surface area contributed by atoms with Crippen LogP contribution in [0.15, 0.2) is 66.3 Å². The topological polar surface area (TPSA) is 80.0 Å². The highest BCUT2D eigenvalue weighted by molar-refractivity contribution is 5.79. The molecule has 3 aromatic rings. The molecule has 0 aliphatic rings. The van der Waals surface area contributed by atoms with Gasteiger partial charge in [0.1, 0.15) is 12.7 Å². The van der Waals surface area contributed by atoms with Gasteiger partial charge in [-0.1, -0.05) is 18.2 Å². The number of hydrogen-bond acceptors (Lipinski definition) is 4. The Morgan fingerprint density at radius 3 is 2.58 bits per heavy atom. The number of aromatic nitrogens is 4. The molecular formula is C17H19N7. The van der Waals surface area contributed by atoms with Gasteiger partial charge in [-0.2, -0.15) is 5.10 Å². The molecule has 24 heavy (non-hydrogen) atoms. The van der Waals surface area contributed by atoms with E-state index in [4.69, 9.17) is 0 Å². The first-order valence-electron chi connectivity index (χ1n) is 7.63. The second-order valence-corrected chi connectivity index (χ2v) is 5.11. The minimum absolute atomic E-state index is 0.631. The van der Waals surface area contributed by atoms with E-state index in [2.05, 4.69) is 42.8 Å². The van der Waals surface area contributed by atoms with Crippen molar-refractivity contribution in [3.63, 3.8) is 0 Å². The van der Waals surface area contributed by atoms with Crippen molar-refractivity contribution in [2.24, 2.45) is 4.99 Å². The molecule has 0 amide bonds. The SMILES string of the molecule is CN=C(NCc1ccc(-n2cncn2)cc1)NCc1ccccn1. The number of nitrogens with zero attached hydrogens (tertiary/aromatic N) is 5. The first kappa shape index (κ1) is 15.7. The fraction of sp³-hybridized carbons (Fsp3) is 0.176. The molecule has 0 fully saturated rings. The molecule has 0 bridgehead atoms. The van der Waals surface area contributed by atoms with Crippen LogP contribution in [0.5, 0.6) is 0 Å². The average molecular weight is 321 g/mol. The van der Waals surface area contributed by atoms with E-state index in [0.717, 1.165) is 22.9 Å². The Hall–Kier alpha value is -3.22. The van der Waals surface area contributed by atoms with Gasteiger partial charge >= 0.3 is 0 Å². The second-order valence-electron chi connectivity index (χ2n) is 5.11. The molecule has 2 aromatic heterocycles.